The molecule has 1 unspecified atom stereocenters. The van der Waals surface area contributed by atoms with Crippen LogP contribution in [-0.2, 0) is 23.3 Å². The zero-order chi connectivity index (χ0) is 20.8. The molecular formula is C28H34SiZr-4. The molecule has 0 aromatic heterocycles. The molecule has 3 aromatic carbocycles. The monoisotopic (exact) mass is 488 g/mol. The van der Waals surface area contributed by atoms with Gasteiger partial charge in [0.2, 0.25) is 0 Å². The Hall–Kier alpha value is -1.37. The van der Waals surface area contributed by atoms with Crippen LogP contribution in [0.15, 0.2) is 71.3 Å². The normalized spacial score (nSPS) is 14.4. The van der Waals surface area contributed by atoms with Crippen LogP contribution in [0.4, 0.5) is 0 Å². The van der Waals surface area contributed by atoms with E-state index in [1.807, 2.05) is 0 Å². The van der Waals surface area contributed by atoms with Gasteiger partial charge in [0, 0.05) is 0 Å². The molecule has 0 N–H and O–H groups in total. The molecule has 0 nitrogen and oxygen atoms in total. The average Bonchev–Trinajstić information content (AvgIpc) is 3.14. The minimum atomic E-state index is 0. The van der Waals surface area contributed by atoms with Crippen LogP contribution in [0.2, 0.25) is 0 Å². The standard InChI is InChI=1S/C17H15.C9H13.2CH3.Si.Zr/c1-12-11-15-9-6-10-16(17(15)13(12)2)14-7-4-3-5-8-14;1-6-5-7(2)9(4)8(6)3;;;;/h3-11H,1-2H3;6H,1-4H3;2*1H3;;/q4*-1;;. The van der Waals surface area contributed by atoms with Crippen molar-refractivity contribution in [2.75, 3.05) is 0 Å². The Kier molecular flexibility index (Phi) is 12.5. The van der Waals surface area contributed by atoms with Gasteiger partial charge in [0.05, 0.1) is 0 Å². The van der Waals surface area contributed by atoms with Gasteiger partial charge in [0.25, 0.3) is 0 Å². The summed E-state index contributed by atoms with van der Waals surface area (Å²) in [5, 5.41) is 2.75. The predicted molar refractivity (Wildman–Crippen MR) is 133 cm³/mol. The Morgan fingerprint density at radius 3 is 1.93 bits per heavy atom. The molecule has 30 heavy (non-hydrogen) atoms. The Morgan fingerprint density at radius 2 is 1.47 bits per heavy atom. The maximum absolute atomic E-state index is 3.36. The molecule has 0 saturated heterocycles. The molecule has 3 aromatic rings. The van der Waals surface area contributed by atoms with Gasteiger partial charge in [-0.15, -0.1) is 41.5 Å². The molecule has 1 atom stereocenters. The van der Waals surface area contributed by atoms with Crippen molar-refractivity contribution in [3.63, 3.8) is 0 Å². The van der Waals surface area contributed by atoms with Gasteiger partial charge >= 0.3 is 30.2 Å². The van der Waals surface area contributed by atoms with E-state index in [9.17, 15) is 0 Å². The molecule has 0 bridgehead atoms. The number of hydrogen-bond acceptors (Lipinski definition) is 0. The summed E-state index contributed by atoms with van der Waals surface area (Å²) in [6.07, 6.45) is 3.36. The molecule has 4 rings (SSSR count). The third kappa shape index (κ3) is 6.32. The topological polar surface area (TPSA) is 0 Å². The van der Waals surface area contributed by atoms with Crippen LogP contribution in [0.25, 0.3) is 21.9 Å². The molecule has 0 aliphatic heterocycles. The molecule has 0 amide bonds. The zero-order valence-electron chi connectivity index (χ0n) is 19.8. The number of fused-ring (bicyclic) bond motifs is 1. The van der Waals surface area contributed by atoms with Crippen LogP contribution >= 0.6 is 0 Å². The number of aryl methyl sites for hydroxylation is 2. The second-order valence-electron chi connectivity index (χ2n) is 7.39. The number of benzene rings is 2. The fraction of sp³-hybridized carbons (Fsp3) is 0.250. The van der Waals surface area contributed by atoms with E-state index in [-0.39, 0.29) is 14.9 Å². The van der Waals surface area contributed by atoms with Crippen molar-refractivity contribution >= 4 is 17.7 Å². The summed E-state index contributed by atoms with van der Waals surface area (Å²) in [6.45, 7) is 16.1. The van der Waals surface area contributed by atoms with E-state index in [2.05, 4.69) is 109 Å². The van der Waals surface area contributed by atoms with E-state index >= 15 is 0 Å². The van der Waals surface area contributed by atoms with Gasteiger partial charge in [-0.2, -0.15) is 16.7 Å². The number of allylic oxidation sites excluding steroid dienone is 4. The fourth-order valence-corrected chi connectivity index (χ4v) is 3.67. The van der Waals surface area contributed by atoms with Gasteiger partial charge in [-0.3, -0.25) is 6.08 Å². The molecule has 1 aliphatic carbocycles. The first-order valence-corrected chi connectivity index (χ1v) is 13.8. The Morgan fingerprint density at radius 1 is 0.867 bits per heavy atom. The van der Waals surface area contributed by atoms with Crippen molar-refractivity contribution in [3.05, 3.63) is 103 Å². The summed E-state index contributed by atoms with van der Waals surface area (Å²) in [5.74, 6) is 0.560. The van der Waals surface area contributed by atoms with E-state index in [4.69, 9.17) is 0 Å². The molecule has 0 saturated carbocycles. The van der Waals surface area contributed by atoms with Crippen LogP contribution in [0, 0.1) is 40.7 Å². The van der Waals surface area contributed by atoms with Crippen molar-refractivity contribution in [1.29, 1.82) is 0 Å². The fourth-order valence-electron chi connectivity index (χ4n) is 3.67. The second kappa shape index (κ2) is 13.1. The van der Waals surface area contributed by atoms with E-state index in [1.165, 1.54) is 73.1 Å². The van der Waals surface area contributed by atoms with Gasteiger partial charge in [-0.25, -0.2) is 5.57 Å². The first kappa shape index (κ1) is 28.6. The maximum atomic E-state index is 3.36. The summed E-state index contributed by atoms with van der Waals surface area (Å²) in [4.78, 5) is 0. The van der Waals surface area contributed by atoms with Gasteiger partial charge in [0.15, 0.2) is 0 Å². The third-order valence-electron chi connectivity index (χ3n) is 5.76. The summed E-state index contributed by atoms with van der Waals surface area (Å²) in [7, 11) is 0. The first-order chi connectivity index (χ1) is 13.4. The van der Waals surface area contributed by atoms with Crippen molar-refractivity contribution in [1.82, 2.24) is 0 Å². The van der Waals surface area contributed by atoms with Crippen LogP contribution in [-0.4, -0.2) is 6.88 Å². The van der Waals surface area contributed by atoms with E-state index in [0.29, 0.717) is 5.92 Å². The van der Waals surface area contributed by atoms with Crippen LogP contribution in [0.3, 0.4) is 0 Å². The third-order valence-corrected chi connectivity index (χ3v) is 5.76. The van der Waals surface area contributed by atoms with Gasteiger partial charge in [0.1, 0.15) is 0 Å². The van der Waals surface area contributed by atoms with Crippen LogP contribution in [0.1, 0.15) is 38.8 Å². The second-order valence-corrected chi connectivity index (χ2v) is 7.39. The SMILES string of the molecule is CC1=[C-]C(C)C(C)=C1C.Cc1[cH-]c2cccc(-c3ccccc3)c2c1C.[CH3-].[CH3-].[Si]=[Zr]. The molecular weight excluding hydrogens is 456 g/mol. The van der Waals surface area contributed by atoms with E-state index < -0.39 is 0 Å². The quantitative estimate of drug-likeness (QED) is 0.239. The first-order valence-electron chi connectivity index (χ1n) is 9.64. The molecule has 0 spiro atoms. The summed E-state index contributed by atoms with van der Waals surface area (Å²) in [5.41, 5.74) is 9.67. The summed E-state index contributed by atoms with van der Waals surface area (Å²) in [6, 6.07) is 19.4. The average molecular weight is 490 g/mol. The Labute approximate surface area is 202 Å². The van der Waals surface area contributed by atoms with Crippen LogP contribution in [0.5, 0.6) is 0 Å². The predicted octanol–water partition coefficient (Wildman–Crippen LogP) is 8.08. The van der Waals surface area contributed by atoms with Crippen molar-refractivity contribution in [2.24, 2.45) is 5.92 Å². The minimum absolute atomic E-state index is 0. The molecule has 158 valence electrons. The summed E-state index contributed by atoms with van der Waals surface area (Å²) >= 11 is 1.36. The molecule has 0 heterocycles. The van der Waals surface area contributed by atoms with Crippen molar-refractivity contribution in [2.45, 2.75) is 41.5 Å². The number of hydrogen-bond donors (Lipinski definition) is 0. The van der Waals surface area contributed by atoms with Gasteiger partial charge < -0.3 is 14.9 Å². The van der Waals surface area contributed by atoms with Crippen molar-refractivity contribution in [3.8, 4) is 11.1 Å². The van der Waals surface area contributed by atoms with Gasteiger partial charge in [-0.05, 0) is 5.56 Å². The van der Waals surface area contributed by atoms with E-state index in [1.54, 1.807) is 0 Å². The summed E-state index contributed by atoms with van der Waals surface area (Å²) < 4.78 is 0. The Bertz CT molecular complexity index is 1010. The molecule has 2 heteroatoms. The molecule has 0 fully saturated rings. The molecule has 1 aliphatic rings. The zero-order valence-corrected chi connectivity index (χ0v) is 23.2. The number of rotatable bonds is 1. The van der Waals surface area contributed by atoms with Crippen molar-refractivity contribution < 1.29 is 23.3 Å². The molecule has 2 radical (unpaired) electrons. The van der Waals surface area contributed by atoms with Gasteiger partial charge in [-0.1, -0.05) is 82.5 Å². The van der Waals surface area contributed by atoms with Crippen LogP contribution < -0.4 is 0 Å². The van der Waals surface area contributed by atoms with E-state index in [0.717, 1.165) is 0 Å². The Balaban J connectivity index is 0.000000558.